The molecule has 5 nitrogen and oxygen atoms in total. The highest BCUT2D eigenvalue weighted by molar-refractivity contribution is 6.62. The smallest absolute Gasteiger partial charge is 0.399 e. The predicted molar refractivity (Wildman–Crippen MR) is 75.7 cm³/mol. The minimum Gasteiger partial charge on any atom is -0.399 e. The first-order chi connectivity index (χ1) is 9.28. The second-order valence-electron chi connectivity index (χ2n) is 6.80. The van der Waals surface area contributed by atoms with Gasteiger partial charge in [0.1, 0.15) is 0 Å². The molecule has 1 saturated carbocycles. The molecule has 1 aliphatic heterocycles. The van der Waals surface area contributed by atoms with Gasteiger partial charge in [0.25, 0.3) is 0 Å². The zero-order valence-electron chi connectivity index (χ0n) is 12.5. The topological polar surface area (TPSA) is 53.4 Å². The molecular formula is C14H21BN2O3. The molecule has 0 amide bonds. The van der Waals surface area contributed by atoms with Gasteiger partial charge in [-0.3, -0.25) is 9.48 Å². The number of ketones is 1. The lowest BCUT2D eigenvalue weighted by Gasteiger charge is -2.32. The van der Waals surface area contributed by atoms with E-state index in [0.29, 0.717) is 6.54 Å². The third-order valence-corrected chi connectivity index (χ3v) is 4.53. The van der Waals surface area contributed by atoms with Gasteiger partial charge in [-0.1, -0.05) is 0 Å². The molecule has 2 heterocycles. The Morgan fingerprint density at radius 3 is 2.50 bits per heavy atom. The van der Waals surface area contributed by atoms with Gasteiger partial charge in [0, 0.05) is 23.8 Å². The van der Waals surface area contributed by atoms with Gasteiger partial charge in [-0.05, 0) is 40.5 Å². The fraction of sp³-hybridized carbons (Fsp3) is 0.714. The number of hydrogen-bond donors (Lipinski definition) is 0. The van der Waals surface area contributed by atoms with Gasteiger partial charge in [0.05, 0.1) is 17.7 Å². The van der Waals surface area contributed by atoms with Crippen LogP contribution >= 0.6 is 0 Å². The number of nitrogens with zero attached hydrogens (tertiary/aromatic N) is 2. The summed E-state index contributed by atoms with van der Waals surface area (Å²) in [7, 11) is -0.412. The average Bonchev–Trinajstić information content (AvgIpc) is 3.04. The Bertz CT molecular complexity index is 518. The minimum absolute atomic E-state index is 0.263. The van der Waals surface area contributed by atoms with Gasteiger partial charge in [0.15, 0.2) is 5.78 Å². The molecule has 1 aliphatic carbocycles. The molecule has 1 aromatic rings. The number of Topliss-reactive ketones (excluding diaryl/α,β-unsaturated/α-hetero) is 1. The number of aromatic nitrogens is 2. The Kier molecular flexibility index (Phi) is 3.06. The minimum atomic E-state index is -0.412. The number of hydrogen-bond acceptors (Lipinski definition) is 4. The van der Waals surface area contributed by atoms with Crippen LogP contribution in [0.4, 0.5) is 0 Å². The highest BCUT2D eigenvalue weighted by atomic mass is 16.7. The maximum absolute atomic E-state index is 11.8. The van der Waals surface area contributed by atoms with Crippen LogP contribution in [0.15, 0.2) is 12.4 Å². The van der Waals surface area contributed by atoms with E-state index in [1.54, 1.807) is 10.9 Å². The van der Waals surface area contributed by atoms with Crippen LogP contribution in [0.5, 0.6) is 0 Å². The molecular weight excluding hydrogens is 255 g/mol. The first kappa shape index (κ1) is 13.8. The first-order valence-corrected chi connectivity index (χ1v) is 7.19. The monoisotopic (exact) mass is 276 g/mol. The molecule has 0 radical (unpaired) electrons. The quantitative estimate of drug-likeness (QED) is 0.774. The SMILES string of the molecule is CC1(C)OB(c2cnn(CC(=O)C3CC3)c2)OC1(C)C. The molecule has 1 aromatic heterocycles. The molecule has 0 unspecified atom stereocenters. The fourth-order valence-electron chi connectivity index (χ4n) is 2.26. The molecule has 2 fully saturated rings. The van der Waals surface area contributed by atoms with E-state index in [-0.39, 0.29) is 22.9 Å². The summed E-state index contributed by atoms with van der Waals surface area (Å²) in [5.74, 6) is 0.535. The standard InChI is InChI=1S/C14H21BN2O3/c1-13(2)14(3,4)20-15(19-13)11-7-16-17(8-11)9-12(18)10-5-6-10/h7-8,10H,5-6,9H2,1-4H3. The van der Waals surface area contributed by atoms with Crippen LogP contribution in [0.25, 0.3) is 0 Å². The predicted octanol–water partition coefficient (Wildman–Crippen LogP) is 1.16. The van der Waals surface area contributed by atoms with E-state index in [1.165, 1.54) is 0 Å². The van der Waals surface area contributed by atoms with Crippen LogP contribution in [0.1, 0.15) is 40.5 Å². The summed E-state index contributed by atoms with van der Waals surface area (Å²) in [5, 5.41) is 4.24. The lowest BCUT2D eigenvalue weighted by molar-refractivity contribution is -0.120. The summed E-state index contributed by atoms with van der Waals surface area (Å²) in [5.41, 5.74) is 0.153. The van der Waals surface area contributed by atoms with Crippen molar-refractivity contribution in [1.82, 2.24) is 9.78 Å². The highest BCUT2D eigenvalue weighted by Crippen LogP contribution is 2.36. The van der Waals surface area contributed by atoms with Crippen molar-refractivity contribution in [1.29, 1.82) is 0 Å². The fourth-order valence-corrected chi connectivity index (χ4v) is 2.26. The molecule has 2 aliphatic rings. The van der Waals surface area contributed by atoms with Gasteiger partial charge in [-0.2, -0.15) is 5.10 Å². The first-order valence-electron chi connectivity index (χ1n) is 7.19. The summed E-state index contributed by atoms with van der Waals surface area (Å²) in [4.78, 5) is 11.8. The van der Waals surface area contributed by atoms with Crippen molar-refractivity contribution in [2.75, 3.05) is 0 Å². The van der Waals surface area contributed by atoms with Crippen molar-refractivity contribution in [2.24, 2.45) is 5.92 Å². The maximum atomic E-state index is 11.8. The van der Waals surface area contributed by atoms with E-state index in [4.69, 9.17) is 9.31 Å². The van der Waals surface area contributed by atoms with Gasteiger partial charge in [-0.25, -0.2) is 0 Å². The van der Waals surface area contributed by atoms with E-state index in [2.05, 4.69) is 5.10 Å². The summed E-state index contributed by atoms with van der Waals surface area (Å²) >= 11 is 0. The van der Waals surface area contributed by atoms with Crippen LogP contribution in [0, 0.1) is 5.92 Å². The van der Waals surface area contributed by atoms with Gasteiger partial charge < -0.3 is 9.31 Å². The number of rotatable bonds is 4. The second kappa shape index (κ2) is 4.43. The lowest BCUT2D eigenvalue weighted by Crippen LogP contribution is -2.41. The normalized spacial score (nSPS) is 24.1. The van der Waals surface area contributed by atoms with E-state index in [1.807, 2.05) is 33.9 Å². The molecule has 0 N–H and O–H groups in total. The molecule has 0 atom stereocenters. The maximum Gasteiger partial charge on any atom is 0.498 e. The molecule has 0 bridgehead atoms. The lowest BCUT2D eigenvalue weighted by atomic mass is 9.82. The average molecular weight is 276 g/mol. The molecule has 3 rings (SSSR count). The largest absolute Gasteiger partial charge is 0.498 e. The zero-order valence-corrected chi connectivity index (χ0v) is 12.5. The van der Waals surface area contributed by atoms with E-state index >= 15 is 0 Å². The summed E-state index contributed by atoms with van der Waals surface area (Å²) in [6, 6.07) is 0. The summed E-state index contributed by atoms with van der Waals surface area (Å²) < 4.78 is 13.6. The van der Waals surface area contributed by atoms with E-state index in [0.717, 1.165) is 18.3 Å². The Morgan fingerprint density at radius 2 is 1.95 bits per heavy atom. The molecule has 20 heavy (non-hydrogen) atoms. The Hall–Kier alpha value is -1.14. The van der Waals surface area contributed by atoms with Crippen molar-refractivity contribution in [2.45, 2.75) is 58.3 Å². The van der Waals surface area contributed by atoms with E-state index in [9.17, 15) is 4.79 Å². The molecule has 0 aromatic carbocycles. The second-order valence-corrected chi connectivity index (χ2v) is 6.80. The highest BCUT2D eigenvalue weighted by Gasteiger charge is 2.52. The third kappa shape index (κ3) is 2.42. The number of carbonyl (C=O) groups is 1. The van der Waals surface area contributed by atoms with Crippen molar-refractivity contribution < 1.29 is 14.1 Å². The van der Waals surface area contributed by atoms with Crippen molar-refractivity contribution in [3.05, 3.63) is 12.4 Å². The van der Waals surface area contributed by atoms with Crippen molar-refractivity contribution in [3.63, 3.8) is 0 Å². The van der Waals surface area contributed by atoms with Gasteiger partial charge in [0.2, 0.25) is 0 Å². The van der Waals surface area contributed by atoms with Gasteiger partial charge in [-0.15, -0.1) is 0 Å². The van der Waals surface area contributed by atoms with Gasteiger partial charge >= 0.3 is 7.12 Å². The van der Waals surface area contributed by atoms with Crippen LogP contribution in [0.3, 0.4) is 0 Å². The Morgan fingerprint density at radius 1 is 1.35 bits per heavy atom. The summed E-state index contributed by atoms with van der Waals surface area (Å²) in [6.07, 6.45) is 5.64. The van der Waals surface area contributed by atoms with Crippen molar-refractivity contribution >= 4 is 18.4 Å². The van der Waals surface area contributed by atoms with E-state index < -0.39 is 7.12 Å². The molecule has 0 spiro atoms. The third-order valence-electron chi connectivity index (χ3n) is 4.53. The van der Waals surface area contributed by atoms with Crippen molar-refractivity contribution in [3.8, 4) is 0 Å². The van der Waals surface area contributed by atoms with Crippen LogP contribution in [0.2, 0.25) is 0 Å². The number of carbonyl (C=O) groups excluding carboxylic acids is 1. The molecule has 108 valence electrons. The Labute approximate surface area is 119 Å². The molecule has 1 saturated heterocycles. The summed E-state index contributed by atoms with van der Waals surface area (Å²) in [6.45, 7) is 8.44. The molecule has 6 heteroatoms. The zero-order chi connectivity index (χ0) is 14.5. The van der Waals surface area contributed by atoms with Crippen LogP contribution < -0.4 is 5.46 Å². The Balaban J connectivity index is 1.70. The van der Waals surface area contributed by atoms with Crippen LogP contribution in [-0.2, 0) is 20.6 Å². The van der Waals surface area contributed by atoms with Crippen LogP contribution in [-0.4, -0.2) is 33.9 Å².